The SMILES string of the molecule is CC(=O)O[C@@H]1[C@@H](OC(C)=O)[C@H](O[C@H]2[C@H](OCc3ccccc3)[C@@H](O)[C@H](O)O[C@@H]2COC(=O)c2ccccc2)OC[C@H]1OC(C)=O. The van der Waals surface area contributed by atoms with E-state index in [9.17, 15) is 29.4 Å². The lowest BCUT2D eigenvalue weighted by atomic mass is 9.97. The Kier molecular flexibility index (Phi) is 12.0. The lowest BCUT2D eigenvalue weighted by molar-refractivity contribution is -0.348. The molecule has 0 radical (unpaired) electrons. The third-order valence-corrected chi connectivity index (χ3v) is 6.90. The highest BCUT2D eigenvalue weighted by Gasteiger charge is 2.53. The fourth-order valence-corrected chi connectivity index (χ4v) is 4.96. The molecule has 2 heterocycles. The largest absolute Gasteiger partial charge is 0.459 e. The molecule has 2 aromatic carbocycles. The smallest absolute Gasteiger partial charge is 0.338 e. The minimum atomic E-state index is -1.76. The van der Waals surface area contributed by atoms with Crippen molar-refractivity contribution in [3.05, 3.63) is 71.8 Å². The molecule has 2 N–H and O–H groups in total. The molecule has 9 atom stereocenters. The number of carbonyl (C=O) groups is 4. The highest BCUT2D eigenvalue weighted by molar-refractivity contribution is 5.89. The predicted octanol–water partition coefficient (Wildman–Crippen LogP) is 1.04. The van der Waals surface area contributed by atoms with Crippen LogP contribution in [0.3, 0.4) is 0 Å². The summed E-state index contributed by atoms with van der Waals surface area (Å²) >= 11 is 0. The normalized spacial score (nSPS) is 29.7. The molecule has 0 spiro atoms. The molecule has 0 aliphatic carbocycles. The summed E-state index contributed by atoms with van der Waals surface area (Å²) in [6, 6.07) is 17.1. The van der Waals surface area contributed by atoms with Gasteiger partial charge in [-0.05, 0) is 17.7 Å². The maximum atomic E-state index is 12.7. The average molecular weight is 633 g/mol. The minimum Gasteiger partial charge on any atom is -0.459 e. The van der Waals surface area contributed by atoms with E-state index >= 15 is 0 Å². The number of aliphatic hydroxyl groups excluding tert-OH is 2. The predicted molar refractivity (Wildman–Crippen MR) is 150 cm³/mol. The van der Waals surface area contributed by atoms with Gasteiger partial charge < -0.3 is 48.1 Å². The van der Waals surface area contributed by atoms with E-state index in [1.165, 1.54) is 0 Å². The van der Waals surface area contributed by atoms with E-state index in [0.717, 1.165) is 26.3 Å². The average Bonchev–Trinajstić information content (AvgIpc) is 3.00. The van der Waals surface area contributed by atoms with Gasteiger partial charge in [-0.25, -0.2) is 4.79 Å². The van der Waals surface area contributed by atoms with E-state index in [-0.39, 0.29) is 18.8 Å². The highest BCUT2D eigenvalue weighted by atomic mass is 16.7. The Morgan fingerprint density at radius 2 is 1.38 bits per heavy atom. The maximum Gasteiger partial charge on any atom is 0.338 e. The van der Waals surface area contributed by atoms with Crippen LogP contribution in [0.2, 0.25) is 0 Å². The topological polar surface area (TPSA) is 183 Å². The number of benzene rings is 2. The third kappa shape index (κ3) is 9.29. The molecule has 4 rings (SSSR count). The van der Waals surface area contributed by atoms with Gasteiger partial charge in [-0.1, -0.05) is 48.5 Å². The van der Waals surface area contributed by atoms with Crippen LogP contribution in [0, 0.1) is 0 Å². The van der Waals surface area contributed by atoms with Gasteiger partial charge in [-0.15, -0.1) is 0 Å². The first-order chi connectivity index (χ1) is 21.5. The number of hydrogen-bond donors (Lipinski definition) is 2. The standard InChI is InChI=1S/C31H36O14/c1-17(32)41-22-16-40-31(28(43-19(3)34)26(22)42-18(2)33)45-25-23(15-39-29(36)21-12-8-5-9-13-21)44-30(37)24(35)27(25)38-14-20-10-6-4-7-11-20/h4-13,22-28,30-31,35,37H,14-16H2,1-3H3/t22-,23-,24-,25-,26+,27-,28-,30-,31+/m1/s1. The second-order valence-corrected chi connectivity index (χ2v) is 10.4. The second-order valence-electron chi connectivity index (χ2n) is 10.4. The summed E-state index contributed by atoms with van der Waals surface area (Å²) in [5.41, 5.74) is 0.997. The summed E-state index contributed by atoms with van der Waals surface area (Å²) in [5.74, 6) is -2.94. The van der Waals surface area contributed by atoms with Crippen LogP contribution < -0.4 is 0 Å². The van der Waals surface area contributed by atoms with Crippen LogP contribution in [-0.2, 0) is 58.9 Å². The lowest BCUT2D eigenvalue weighted by Crippen LogP contribution is -2.64. The summed E-state index contributed by atoms with van der Waals surface area (Å²) < 4.78 is 45.2. The molecule has 45 heavy (non-hydrogen) atoms. The van der Waals surface area contributed by atoms with Gasteiger partial charge >= 0.3 is 23.9 Å². The molecular weight excluding hydrogens is 596 g/mol. The van der Waals surface area contributed by atoms with Gasteiger partial charge in [0.25, 0.3) is 0 Å². The Labute approximate surface area is 259 Å². The number of rotatable bonds is 11. The van der Waals surface area contributed by atoms with E-state index in [1.54, 1.807) is 54.6 Å². The second kappa shape index (κ2) is 15.9. The fraction of sp³-hybridized carbons (Fsp3) is 0.484. The number of carbonyl (C=O) groups excluding carboxylic acids is 4. The summed E-state index contributed by atoms with van der Waals surface area (Å²) in [5, 5.41) is 21.6. The van der Waals surface area contributed by atoms with Crippen LogP contribution >= 0.6 is 0 Å². The Morgan fingerprint density at radius 3 is 2.00 bits per heavy atom. The molecule has 0 unspecified atom stereocenters. The first-order valence-electron chi connectivity index (χ1n) is 14.2. The molecule has 2 aliphatic rings. The van der Waals surface area contributed by atoms with E-state index < -0.39 is 85.8 Å². The van der Waals surface area contributed by atoms with Gasteiger partial charge in [0.1, 0.15) is 31.0 Å². The first-order valence-corrected chi connectivity index (χ1v) is 14.2. The van der Waals surface area contributed by atoms with Crippen molar-refractivity contribution in [1.29, 1.82) is 0 Å². The van der Waals surface area contributed by atoms with Crippen LogP contribution in [0.4, 0.5) is 0 Å². The quantitative estimate of drug-likeness (QED) is 0.265. The van der Waals surface area contributed by atoms with Crippen molar-refractivity contribution in [3.63, 3.8) is 0 Å². The zero-order valence-electron chi connectivity index (χ0n) is 24.9. The lowest BCUT2D eigenvalue weighted by Gasteiger charge is -2.46. The highest BCUT2D eigenvalue weighted by Crippen LogP contribution is 2.32. The third-order valence-electron chi connectivity index (χ3n) is 6.90. The van der Waals surface area contributed by atoms with Gasteiger partial charge in [0.05, 0.1) is 18.8 Å². The summed E-state index contributed by atoms with van der Waals surface area (Å²) in [4.78, 5) is 48.6. The maximum absolute atomic E-state index is 12.7. The Balaban J connectivity index is 1.63. The zero-order chi connectivity index (χ0) is 32.5. The summed E-state index contributed by atoms with van der Waals surface area (Å²) in [6.07, 6.45) is -12.7. The molecule has 2 aromatic rings. The minimum absolute atomic E-state index is 0.0187. The molecule has 2 saturated heterocycles. The van der Waals surface area contributed by atoms with E-state index in [1.807, 2.05) is 6.07 Å². The Bertz CT molecular complexity index is 1290. The Hall–Kier alpha value is -3.92. The summed E-state index contributed by atoms with van der Waals surface area (Å²) in [6.45, 7) is 2.58. The molecule has 2 fully saturated rings. The van der Waals surface area contributed by atoms with Crippen molar-refractivity contribution in [1.82, 2.24) is 0 Å². The van der Waals surface area contributed by atoms with Crippen LogP contribution in [0.25, 0.3) is 0 Å². The molecule has 0 bridgehead atoms. The van der Waals surface area contributed by atoms with Gasteiger partial charge in [0.2, 0.25) is 0 Å². The van der Waals surface area contributed by atoms with Gasteiger partial charge in [-0.3, -0.25) is 14.4 Å². The molecule has 0 saturated carbocycles. The fourth-order valence-electron chi connectivity index (χ4n) is 4.96. The van der Waals surface area contributed by atoms with Gasteiger partial charge in [-0.2, -0.15) is 0 Å². The molecular formula is C31H36O14. The van der Waals surface area contributed by atoms with Gasteiger partial charge in [0, 0.05) is 20.8 Å². The van der Waals surface area contributed by atoms with E-state index in [2.05, 4.69) is 0 Å². The van der Waals surface area contributed by atoms with Crippen molar-refractivity contribution in [2.75, 3.05) is 13.2 Å². The van der Waals surface area contributed by atoms with Gasteiger partial charge in [0.15, 0.2) is 30.9 Å². The van der Waals surface area contributed by atoms with Crippen LogP contribution in [0.5, 0.6) is 0 Å². The molecule has 2 aliphatic heterocycles. The number of hydrogen-bond acceptors (Lipinski definition) is 14. The van der Waals surface area contributed by atoms with Crippen LogP contribution in [0.15, 0.2) is 60.7 Å². The van der Waals surface area contributed by atoms with Crippen molar-refractivity contribution < 1.29 is 67.3 Å². The van der Waals surface area contributed by atoms with Crippen molar-refractivity contribution in [2.45, 2.75) is 82.7 Å². The van der Waals surface area contributed by atoms with E-state index in [0.29, 0.717) is 0 Å². The monoisotopic (exact) mass is 632 g/mol. The number of esters is 4. The number of ether oxygens (including phenoxy) is 8. The van der Waals surface area contributed by atoms with E-state index in [4.69, 9.17) is 37.9 Å². The molecule has 14 nitrogen and oxygen atoms in total. The van der Waals surface area contributed by atoms with Crippen molar-refractivity contribution >= 4 is 23.9 Å². The van der Waals surface area contributed by atoms with Crippen molar-refractivity contribution in [2.24, 2.45) is 0 Å². The summed E-state index contributed by atoms with van der Waals surface area (Å²) in [7, 11) is 0. The zero-order valence-corrected chi connectivity index (χ0v) is 24.9. The Morgan fingerprint density at radius 1 is 0.778 bits per heavy atom. The van der Waals surface area contributed by atoms with Crippen LogP contribution in [-0.4, -0.2) is 103 Å². The van der Waals surface area contributed by atoms with Crippen molar-refractivity contribution in [3.8, 4) is 0 Å². The molecule has 0 amide bonds. The molecule has 14 heteroatoms. The first kappa shape index (κ1) is 34.0. The molecule has 244 valence electrons. The number of aliphatic hydroxyl groups is 2. The van der Waals surface area contributed by atoms with Crippen LogP contribution in [0.1, 0.15) is 36.7 Å². The molecule has 0 aromatic heterocycles.